The first-order chi connectivity index (χ1) is 9.84. The number of phenolic OH excluding ortho intramolecular Hbond substituents is 1. The number of halogens is 1. The van der Waals surface area contributed by atoms with Gasteiger partial charge in [0.1, 0.15) is 5.75 Å². The number of nitrogens with two attached hydrogens (primary N) is 1. The average Bonchev–Trinajstić information content (AvgIpc) is 2.41. The lowest BCUT2D eigenvalue weighted by Crippen LogP contribution is -2.58. The van der Waals surface area contributed by atoms with Crippen LogP contribution in [0.15, 0.2) is 22.7 Å². The van der Waals surface area contributed by atoms with E-state index in [4.69, 9.17) is 18.0 Å². The molecule has 0 heterocycles. The van der Waals surface area contributed by atoms with Crippen molar-refractivity contribution in [2.24, 2.45) is 11.7 Å². The first-order valence-electron chi connectivity index (χ1n) is 6.95. The van der Waals surface area contributed by atoms with E-state index in [0.717, 1.165) is 25.7 Å². The lowest BCUT2D eigenvalue weighted by Gasteiger charge is -2.39. The Hall–Kier alpha value is -1.14. The average molecular weight is 371 g/mol. The van der Waals surface area contributed by atoms with Crippen molar-refractivity contribution >= 4 is 39.0 Å². The summed E-state index contributed by atoms with van der Waals surface area (Å²) in [6.07, 6.45) is 3.44. The number of rotatable bonds is 3. The van der Waals surface area contributed by atoms with Crippen molar-refractivity contribution in [1.82, 2.24) is 5.32 Å². The summed E-state index contributed by atoms with van der Waals surface area (Å²) in [4.78, 5) is 12.8. The van der Waals surface area contributed by atoms with Crippen LogP contribution in [0.2, 0.25) is 0 Å². The minimum Gasteiger partial charge on any atom is -0.507 e. The highest BCUT2D eigenvalue weighted by Crippen LogP contribution is 2.33. The molecule has 1 aromatic rings. The summed E-state index contributed by atoms with van der Waals surface area (Å²) in [5, 5.41) is 12.8. The molecule has 0 unspecified atom stereocenters. The maximum absolute atomic E-state index is 12.4. The Morgan fingerprint density at radius 1 is 1.48 bits per heavy atom. The van der Waals surface area contributed by atoms with Crippen molar-refractivity contribution in [3.63, 3.8) is 0 Å². The number of carbonyl (C=O) groups is 1. The van der Waals surface area contributed by atoms with Crippen LogP contribution in [-0.2, 0) is 0 Å². The number of amides is 1. The van der Waals surface area contributed by atoms with Gasteiger partial charge in [-0.05, 0) is 49.8 Å². The van der Waals surface area contributed by atoms with Crippen LogP contribution < -0.4 is 11.1 Å². The molecule has 6 heteroatoms. The van der Waals surface area contributed by atoms with E-state index in [1.54, 1.807) is 12.1 Å². The molecule has 2 rings (SSSR count). The Morgan fingerprint density at radius 2 is 2.10 bits per heavy atom. The monoisotopic (exact) mass is 370 g/mol. The fourth-order valence-electron chi connectivity index (χ4n) is 2.67. The van der Waals surface area contributed by atoms with Gasteiger partial charge in [0.25, 0.3) is 5.91 Å². The van der Waals surface area contributed by atoms with Crippen molar-refractivity contribution in [2.75, 3.05) is 0 Å². The molecule has 1 saturated carbocycles. The third-order valence-corrected chi connectivity index (χ3v) is 5.04. The van der Waals surface area contributed by atoms with Crippen molar-refractivity contribution in [1.29, 1.82) is 0 Å². The zero-order valence-corrected chi connectivity index (χ0v) is 14.3. The summed E-state index contributed by atoms with van der Waals surface area (Å²) >= 11 is 8.43. The molecule has 0 spiro atoms. The fraction of sp³-hybridized carbons (Fsp3) is 0.467. The van der Waals surface area contributed by atoms with E-state index in [2.05, 4.69) is 28.2 Å². The second kappa shape index (κ2) is 6.32. The number of aromatic hydroxyl groups is 1. The highest BCUT2D eigenvalue weighted by Gasteiger charge is 2.38. The smallest absolute Gasteiger partial charge is 0.255 e. The summed E-state index contributed by atoms with van der Waals surface area (Å²) in [5.41, 5.74) is 5.47. The zero-order valence-electron chi connectivity index (χ0n) is 11.9. The van der Waals surface area contributed by atoms with Crippen LogP contribution in [0.1, 0.15) is 43.0 Å². The van der Waals surface area contributed by atoms with Crippen molar-refractivity contribution in [3.05, 3.63) is 28.2 Å². The summed E-state index contributed by atoms with van der Waals surface area (Å²) in [6.45, 7) is 2.19. The maximum Gasteiger partial charge on any atom is 0.255 e. The van der Waals surface area contributed by atoms with Crippen LogP contribution in [0.3, 0.4) is 0 Å². The molecule has 1 aliphatic carbocycles. The normalized spacial score (nSPS) is 25.3. The van der Waals surface area contributed by atoms with E-state index in [1.807, 2.05) is 0 Å². The van der Waals surface area contributed by atoms with E-state index in [0.29, 0.717) is 15.4 Å². The molecule has 4 nitrogen and oxygen atoms in total. The molecule has 0 bridgehead atoms. The Bertz CT molecular complexity index is 569. The lowest BCUT2D eigenvalue weighted by atomic mass is 9.77. The molecular weight excluding hydrogens is 352 g/mol. The predicted octanol–water partition coefficient (Wildman–Crippen LogP) is 3.12. The van der Waals surface area contributed by atoms with E-state index in [1.165, 1.54) is 6.07 Å². The summed E-state index contributed by atoms with van der Waals surface area (Å²) < 4.78 is 0.715. The first-order valence-corrected chi connectivity index (χ1v) is 8.15. The second-order valence-electron chi connectivity index (χ2n) is 5.74. The molecule has 0 radical (unpaired) electrons. The molecular formula is C15H19BrN2O2S. The fourth-order valence-corrected chi connectivity index (χ4v) is 3.27. The molecule has 21 heavy (non-hydrogen) atoms. The molecule has 0 atom stereocenters. The minimum absolute atomic E-state index is 0.0656. The van der Waals surface area contributed by atoms with Crippen LogP contribution in [0, 0.1) is 5.92 Å². The third-order valence-electron chi connectivity index (χ3n) is 4.16. The zero-order chi connectivity index (χ0) is 15.6. The molecule has 114 valence electrons. The van der Waals surface area contributed by atoms with Gasteiger partial charge in [-0.2, -0.15) is 0 Å². The van der Waals surface area contributed by atoms with Gasteiger partial charge in [-0.15, -0.1) is 0 Å². The highest BCUT2D eigenvalue weighted by molar-refractivity contribution is 9.10. The highest BCUT2D eigenvalue weighted by atomic mass is 79.9. The predicted molar refractivity (Wildman–Crippen MR) is 90.4 cm³/mol. The number of thiocarbonyl (C=S) groups is 1. The molecule has 4 N–H and O–H groups in total. The number of benzene rings is 1. The van der Waals surface area contributed by atoms with Crippen LogP contribution in [0.4, 0.5) is 0 Å². The number of hydrogen-bond acceptors (Lipinski definition) is 3. The quantitative estimate of drug-likeness (QED) is 0.714. The molecule has 1 aliphatic rings. The van der Waals surface area contributed by atoms with E-state index in [-0.39, 0.29) is 17.2 Å². The van der Waals surface area contributed by atoms with Gasteiger partial charge in [-0.25, -0.2) is 0 Å². The molecule has 1 aromatic carbocycles. The minimum atomic E-state index is -0.640. The first kappa shape index (κ1) is 16.2. The van der Waals surface area contributed by atoms with Crippen molar-refractivity contribution < 1.29 is 9.90 Å². The molecule has 1 amide bonds. The summed E-state index contributed by atoms with van der Waals surface area (Å²) in [5.74, 6) is 0.206. The van der Waals surface area contributed by atoms with Gasteiger partial charge < -0.3 is 16.2 Å². The second-order valence-corrected chi connectivity index (χ2v) is 7.10. The SMILES string of the molecule is CC1CCC(NC(=O)c2ccc(Br)cc2O)(C(N)=S)CC1. The maximum atomic E-state index is 12.4. The van der Waals surface area contributed by atoms with Crippen LogP contribution in [-0.4, -0.2) is 21.5 Å². The Kier molecular flexibility index (Phi) is 4.88. The Morgan fingerprint density at radius 3 is 2.62 bits per heavy atom. The van der Waals surface area contributed by atoms with Gasteiger partial charge in [0.15, 0.2) is 0 Å². The van der Waals surface area contributed by atoms with Gasteiger partial charge in [0.2, 0.25) is 0 Å². The Balaban J connectivity index is 2.21. The largest absolute Gasteiger partial charge is 0.507 e. The van der Waals surface area contributed by atoms with Crippen LogP contribution >= 0.6 is 28.1 Å². The molecule has 1 fully saturated rings. The summed E-state index contributed by atoms with van der Waals surface area (Å²) in [7, 11) is 0. The lowest BCUT2D eigenvalue weighted by molar-refractivity contribution is 0.0898. The molecule has 0 saturated heterocycles. The molecule has 0 aliphatic heterocycles. The van der Waals surface area contributed by atoms with Crippen molar-refractivity contribution in [3.8, 4) is 5.75 Å². The van der Waals surface area contributed by atoms with Gasteiger partial charge in [-0.1, -0.05) is 35.1 Å². The number of hydrogen-bond donors (Lipinski definition) is 3. The topological polar surface area (TPSA) is 75.3 Å². The van der Waals surface area contributed by atoms with E-state index >= 15 is 0 Å². The van der Waals surface area contributed by atoms with E-state index in [9.17, 15) is 9.90 Å². The van der Waals surface area contributed by atoms with Crippen LogP contribution in [0.5, 0.6) is 5.75 Å². The summed E-state index contributed by atoms with van der Waals surface area (Å²) in [6, 6.07) is 4.78. The van der Waals surface area contributed by atoms with Gasteiger partial charge in [0, 0.05) is 4.47 Å². The Labute approximate surface area is 138 Å². The van der Waals surface area contributed by atoms with Crippen molar-refractivity contribution in [2.45, 2.75) is 38.1 Å². The standard InChI is InChI=1S/C15H19BrN2O2S/c1-9-4-6-15(7-5-9,14(17)21)18-13(20)11-3-2-10(16)8-12(11)19/h2-3,8-9,19H,4-7H2,1H3,(H2,17,21)(H,18,20). The van der Waals surface area contributed by atoms with Crippen LogP contribution in [0.25, 0.3) is 0 Å². The van der Waals surface area contributed by atoms with E-state index < -0.39 is 5.54 Å². The number of carbonyl (C=O) groups excluding carboxylic acids is 1. The number of nitrogens with one attached hydrogen (secondary N) is 1. The molecule has 0 aromatic heterocycles. The number of phenols is 1. The van der Waals surface area contributed by atoms with Gasteiger partial charge in [-0.3, -0.25) is 4.79 Å². The third kappa shape index (κ3) is 3.55. The van der Waals surface area contributed by atoms with Gasteiger partial charge in [0.05, 0.1) is 16.1 Å². The van der Waals surface area contributed by atoms with Gasteiger partial charge >= 0.3 is 0 Å².